The molecule has 5 aromatic heterocycles. The first kappa shape index (κ1) is 75.0. The number of pyridine rings is 5. The van der Waals surface area contributed by atoms with Gasteiger partial charge >= 0.3 is 0 Å². The van der Waals surface area contributed by atoms with E-state index in [1.165, 1.54) is 6.42 Å². The minimum absolute atomic E-state index is 0.0480. The third-order valence-electron chi connectivity index (χ3n) is 13.9. The lowest BCUT2D eigenvalue weighted by molar-refractivity contribution is -0.203. The predicted molar refractivity (Wildman–Crippen MR) is 362 cm³/mol. The molecule has 3 atom stereocenters. The molecule has 0 radical (unpaired) electrons. The molecule has 6 fully saturated rings. The Morgan fingerprint density at radius 2 is 0.820 bits per heavy atom. The number of hydrogen-bond acceptors (Lipinski definition) is 22. The molecule has 0 saturated carbocycles. The van der Waals surface area contributed by atoms with Crippen molar-refractivity contribution in [3.05, 3.63) is 113 Å². The van der Waals surface area contributed by atoms with E-state index in [2.05, 4.69) is 150 Å². The number of hydrogen-bond donors (Lipinski definition) is 2. The van der Waals surface area contributed by atoms with Crippen LogP contribution in [0.2, 0.25) is 5.15 Å². The number of aromatic nitrogens is 5. The second-order valence-electron chi connectivity index (χ2n) is 20.4. The summed E-state index contributed by atoms with van der Waals surface area (Å²) in [5, 5.41) is 19.8. The molecule has 11 rings (SSSR count). The number of halogens is 8. The molecule has 11 heterocycles. The Morgan fingerprint density at radius 1 is 0.472 bits per heavy atom. The fourth-order valence-corrected chi connectivity index (χ4v) is 12.7. The topological polar surface area (TPSA) is 243 Å². The predicted octanol–water partition coefficient (Wildman–Crippen LogP) is 12.2. The molecule has 0 bridgehead atoms. The van der Waals surface area contributed by atoms with E-state index < -0.39 is 16.8 Å². The van der Waals surface area contributed by atoms with Crippen LogP contribution in [0.4, 0.5) is 0 Å². The molecule has 30 heteroatoms. The van der Waals surface area contributed by atoms with Crippen LogP contribution in [0.3, 0.4) is 0 Å². The standard InChI is InChI=1S/C16H22BrNO5.C15H20BrNO5.C12H15BrINO3.C11H14BrNO4.C5H2BrClIN/c1-19-16(10-20-11-16)13-8-12(17)9-18-15(13)23-7-6-22-14-4-2-3-5-21-14;16-11-7-12(15(18)9-19-10-15)14(17-8-11)22-6-5-21-13-3-1-2-4-20-13;13-9-7-10(14)12(15-8-9)18-6-5-17-11-3-1-2-4-16-11;1-15-11(6-16-7-11)9-4-8(12)5-13-10(9)17-3-2-14;6-3-1-4(8)5(7)9-2-3/h8-9,14H,2-7,10-11H2,1H3;7-8,13,18H,1-6,9-10H2;7-8,11H,1-6H2;4-5,14H,2-3,6-7H2,1H3;1-2H. The highest BCUT2D eigenvalue weighted by molar-refractivity contribution is 14.1. The lowest BCUT2D eigenvalue weighted by Gasteiger charge is -2.40. The number of aliphatic hydroxyl groups is 2. The summed E-state index contributed by atoms with van der Waals surface area (Å²) >= 11 is 26.8. The quantitative estimate of drug-likeness (QED) is 0.0351. The van der Waals surface area contributed by atoms with Gasteiger partial charge in [-0.3, -0.25) is 0 Å². The lowest BCUT2D eigenvalue weighted by Crippen LogP contribution is -2.48. The molecule has 0 spiro atoms. The van der Waals surface area contributed by atoms with E-state index in [-0.39, 0.29) is 45.3 Å². The second-order valence-corrected chi connectivity index (χ2v) is 27.7. The largest absolute Gasteiger partial charge is 0.475 e. The van der Waals surface area contributed by atoms with Gasteiger partial charge in [0.05, 0.1) is 89.9 Å². The number of nitrogens with zero attached hydrogens (tertiary/aromatic N) is 5. The van der Waals surface area contributed by atoms with Crippen LogP contribution in [0, 0.1) is 7.14 Å². The summed E-state index contributed by atoms with van der Waals surface area (Å²) < 4.78 is 89.0. The van der Waals surface area contributed by atoms with E-state index in [0.717, 1.165) is 112 Å². The third-order valence-corrected chi connectivity index (χ3v) is 18.3. The molecule has 6 aliphatic rings. The maximum Gasteiger partial charge on any atom is 0.227 e. The zero-order valence-electron chi connectivity index (χ0n) is 49.2. The van der Waals surface area contributed by atoms with Crippen molar-refractivity contribution in [2.45, 2.75) is 93.5 Å². The van der Waals surface area contributed by atoms with Crippen LogP contribution < -0.4 is 18.9 Å². The van der Waals surface area contributed by atoms with Gasteiger partial charge in [0.1, 0.15) is 48.4 Å². The number of aliphatic hydroxyl groups excluding tert-OH is 1. The lowest BCUT2D eigenvalue weighted by atomic mass is 9.92. The molecule has 0 aromatic carbocycles. The Labute approximate surface area is 593 Å². The van der Waals surface area contributed by atoms with Crippen molar-refractivity contribution in [1.82, 2.24) is 24.9 Å². The van der Waals surface area contributed by atoms with Gasteiger partial charge in [-0.2, -0.15) is 0 Å². The Morgan fingerprint density at radius 3 is 1.15 bits per heavy atom. The van der Waals surface area contributed by atoms with Gasteiger partial charge in [-0.05, 0) is 213 Å². The minimum Gasteiger partial charge on any atom is -0.475 e. The van der Waals surface area contributed by atoms with E-state index >= 15 is 0 Å². The zero-order valence-corrected chi connectivity index (χ0v) is 62.2. The molecule has 6 saturated heterocycles. The second kappa shape index (κ2) is 39.6. The fraction of sp³-hybridized carbons (Fsp3) is 0.576. The van der Waals surface area contributed by atoms with Crippen LogP contribution in [0.15, 0.2) is 83.7 Å². The molecule has 3 unspecified atom stereocenters. The van der Waals surface area contributed by atoms with E-state index in [9.17, 15) is 5.11 Å². The van der Waals surface area contributed by atoms with Crippen molar-refractivity contribution < 1.29 is 81.3 Å². The minimum atomic E-state index is -1.01. The molecule has 0 aliphatic carbocycles. The zero-order chi connectivity index (χ0) is 63.5. The average Bonchev–Trinajstić information content (AvgIpc) is 1.64. The number of methoxy groups -OCH3 is 2. The molecule has 0 amide bonds. The molecule has 5 aromatic rings. The Hall–Kier alpha value is -1.42. The molecule has 22 nitrogen and oxygen atoms in total. The normalized spacial score (nSPS) is 20.2. The third kappa shape index (κ3) is 24.0. The van der Waals surface area contributed by atoms with Crippen molar-refractivity contribution in [1.29, 1.82) is 0 Å². The van der Waals surface area contributed by atoms with Crippen molar-refractivity contribution in [2.24, 2.45) is 0 Å². The van der Waals surface area contributed by atoms with Gasteiger partial charge in [0.25, 0.3) is 0 Å². The molecule has 492 valence electrons. The highest BCUT2D eigenvalue weighted by Crippen LogP contribution is 2.41. The highest BCUT2D eigenvalue weighted by atomic mass is 127. The van der Waals surface area contributed by atoms with Gasteiger partial charge < -0.3 is 81.3 Å². The maximum absolute atomic E-state index is 10.4. The number of rotatable bonds is 23. The number of ether oxygens (including phenoxy) is 15. The molecular formula is C59H73Br5ClI2N5O17. The van der Waals surface area contributed by atoms with Crippen LogP contribution in [0.1, 0.15) is 74.5 Å². The summed E-state index contributed by atoms with van der Waals surface area (Å²) in [5.41, 5.74) is 0.408. The summed E-state index contributed by atoms with van der Waals surface area (Å²) in [6.45, 7) is 7.69. The van der Waals surface area contributed by atoms with E-state index in [0.29, 0.717) is 100 Å². The van der Waals surface area contributed by atoms with Gasteiger partial charge in [-0.25, -0.2) is 24.9 Å². The Bertz CT molecular complexity index is 2910. The van der Waals surface area contributed by atoms with Crippen LogP contribution >= 0.6 is 136 Å². The van der Waals surface area contributed by atoms with Gasteiger partial charge in [0.2, 0.25) is 23.5 Å². The van der Waals surface area contributed by atoms with Gasteiger partial charge in [-0.15, -0.1) is 0 Å². The van der Waals surface area contributed by atoms with Crippen LogP contribution in [-0.4, -0.2) is 181 Å². The average molecular weight is 1810 g/mol. The van der Waals surface area contributed by atoms with Crippen molar-refractivity contribution in [2.75, 3.05) is 127 Å². The van der Waals surface area contributed by atoms with Crippen molar-refractivity contribution in [3.63, 3.8) is 0 Å². The molecular weight excluding hydrogens is 1740 g/mol. The smallest absolute Gasteiger partial charge is 0.227 e. The first-order valence-electron chi connectivity index (χ1n) is 28.7. The Kier molecular flexibility index (Phi) is 33.3. The van der Waals surface area contributed by atoms with Crippen LogP contribution in [-0.2, 0) is 68.9 Å². The monoisotopic (exact) mass is 1810 g/mol. The van der Waals surface area contributed by atoms with Crippen LogP contribution in [0.5, 0.6) is 23.5 Å². The van der Waals surface area contributed by atoms with Gasteiger partial charge in [-0.1, -0.05) is 11.6 Å². The van der Waals surface area contributed by atoms with Crippen molar-refractivity contribution >= 4 is 136 Å². The highest BCUT2D eigenvalue weighted by Gasteiger charge is 2.45. The summed E-state index contributed by atoms with van der Waals surface area (Å²) in [6.07, 6.45) is 17.8. The van der Waals surface area contributed by atoms with Crippen LogP contribution in [0.25, 0.3) is 0 Å². The molecule has 89 heavy (non-hydrogen) atoms. The maximum atomic E-state index is 10.4. The van der Waals surface area contributed by atoms with Gasteiger partial charge in [0, 0.05) is 87.4 Å². The van der Waals surface area contributed by atoms with E-state index in [1.54, 1.807) is 45.2 Å². The van der Waals surface area contributed by atoms with Gasteiger partial charge in [0.15, 0.2) is 18.9 Å². The fourth-order valence-electron chi connectivity index (χ4n) is 8.93. The molecule has 6 aliphatic heterocycles. The summed E-state index contributed by atoms with van der Waals surface area (Å²) in [5.74, 6) is 2.10. The van der Waals surface area contributed by atoms with E-state index in [1.807, 2.05) is 30.3 Å². The summed E-state index contributed by atoms with van der Waals surface area (Å²) in [6, 6.07) is 9.57. The summed E-state index contributed by atoms with van der Waals surface area (Å²) in [4.78, 5) is 20.9. The first-order chi connectivity index (χ1) is 43.1. The summed E-state index contributed by atoms with van der Waals surface area (Å²) in [7, 11) is 3.32. The Balaban J connectivity index is 0.000000162. The SMILES string of the molecule is Brc1cnc(OCCOC2CCCCO2)c(I)c1.COC1(c2cc(Br)cnc2OCCO)COC1.COC1(c2cc(Br)cnc2OCCOC2CCCCO2)COC1.Clc1ncc(Br)cc1I.OC1(c2cc(Br)cnc2OCCOC2CCCCO2)COC1. The first-order valence-corrected chi connectivity index (χ1v) is 35.2. The molecule has 2 N–H and O–H groups in total. The van der Waals surface area contributed by atoms with Crippen molar-refractivity contribution in [3.8, 4) is 23.5 Å². The van der Waals surface area contributed by atoms with E-state index in [4.69, 9.17) is 87.8 Å².